The molecule has 216 valence electrons. The van der Waals surface area contributed by atoms with Gasteiger partial charge in [-0.2, -0.15) is 0 Å². The fraction of sp³-hybridized carbons (Fsp3) is 0.0233. The number of aryl methyl sites for hydroxylation is 1. The minimum absolute atomic E-state index is 0.0582. The molecule has 0 unspecified atom stereocenters. The van der Waals surface area contributed by atoms with E-state index in [0.717, 1.165) is 11.4 Å². The predicted molar refractivity (Wildman–Crippen MR) is 196 cm³/mol. The molecule has 0 saturated heterocycles. The number of hydrogen-bond donors (Lipinski definition) is 0. The van der Waals surface area contributed by atoms with E-state index in [1.807, 2.05) is 0 Å². The second-order valence-corrected chi connectivity index (χ2v) is 12.3. The fourth-order valence-corrected chi connectivity index (χ4v) is 7.47. The average Bonchev–Trinajstić information content (AvgIpc) is 3.12. The highest BCUT2D eigenvalue weighted by Gasteiger charge is 2.43. The van der Waals surface area contributed by atoms with E-state index in [1.165, 1.54) is 67.0 Å². The molecule has 2 heterocycles. The molecule has 46 heavy (non-hydrogen) atoms. The van der Waals surface area contributed by atoms with E-state index in [1.54, 1.807) is 0 Å². The first kappa shape index (κ1) is 26.6. The van der Waals surface area contributed by atoms with Crippen LogP contribution in [-0.2, 0) is 0 Å². The summed E-state index contributed by atoms with van der Waals surface area (Å²) in [6.07, 6.45) is 0. The zero-order valence-electron chi connectivity index (χ0n) is 25.6. The largest absolute Gasteiger partial charge is 0.311 e. The first-order chi connectivity index (χ1) is 22.7. The van der Waals surface area contributed by atoms with Gasteiger partial charge in [-0.25, -0.2) is 0 Å². The summed E-state index contributed by atoms with van der Waals surface area (Å²) in [7, 11) is 0. The number of nitrogens with zero attached hydrogens (tertiary/aromatic N) is 2. The molecule has 0 N–H and O–H groups in total. The Balaban J connectivity index is 1.39. The van der Waals surface area contributed by atoms with Crippen molar-refractivity contribution < 1.29 is 0 Å². The Morgan fingerprint density at radius 2 is 0.761 bits per heavy atom. The molecule has 0 saturated carbocycles. The standard InChI is InChI=1S/C43H31BN2/c1-30-26-41-43-42(27-30)46(36-20-12-5-13-21-36)40-25-23-34(32-16-8-3-9-17-32)29-38(40)44(43)37-28-33(31-14-6-2-7-15-31)22-24-39(37)45(41)35-18-10-4-11-19-35/h2-29H,1H3. The van der Waals surface area contributed by atoms with Gasteiger partial charge in [0.1, 0.15) is 0 Å². The van der Waals surface area contributed by atoms with Gasteiger partial charge in [0.15, 0.2) is 0 Å². The van der Waals surface area contributed by atoms with E-state index in [9.17, 15) is 0 Å². The molecule has 0 aliphatic carbocycles. The zero-order valence-corrected chi connectivity index (χ0v) is 25.6. The van der Waals surface area contributed by atoms with E-state index >= 15 is 0 Å². The van der Waals surface area contributed by atoms with Gasteiger partial charge in [0.25, 0.3) is 6.71 Å². The van der Waals surface area contributed by atoms with Gasteiger partial charge in [0, 0.05) is 34.1 Å². The van der Waals surface area contributed by atoms with Gasteiger partial charge in [-0.1, -0.05) is 121 Å². The Bertz CT molecular complexity index is 2060. The summed E-state index contributed by atoms with van der Waals surface area (Å²) in [6, 6.07) is 62.0. The third kappa shape index (κ3) is 4.20. The van der Waals surface area contributed by atoms with Crippen LogP contribution in [0.2, 0.25) is 0 Å². The lowest BCUT2D eigenvalue weighted by atomic mass is 9.33. The minimum atomic E-state index is 0.0582. The van der Waals surface area contributed by atoms with Crippen molar-refractivity contribution in [1.29, 1.82) is 0 Å². The topological polar surface area (TPSA) is 6.48 Å². The lowest BCUT2D eigenvalue weighted by Gasteiger charge is -2.44. The van der Waals surface area contributed by atoms with Crippen LogP contribution in [0.25, 0.3) is 22.3 Å². The van der Waals surface area contributed by atoms with Crippen LogP contribution in [-0.4, -0.2) is 6.71 Å². The van der Waals surface area contributed by atoms with Gasteiger partial charge in [0.05, 0.1) is 0 Å². The van der Waals surface area contributed by atoms with Crippen molar-refractivity contribution in [2.24, 2.45) is 0 Å². The molecule has 0 radical (unpaired) electrons. The van der Waals surface area contributed by atoms with Gasteiger partial charge in [-0.3, -0.25) is 0 Å². The Labute approximate surface area is 270 Å². The molecule has 7 aromatic rings. The Hall–Kier alpha value is -5.80. The lowest BCUT2D eigenvalue weighted by Crippen LogP contribution is -2.61. The molecule has 9 rings (SSSR count). The smallest absolute Gasteiger partial charge is 0.252 e. The molecule has 0 amide bonds. The Morgan fingerprint density at radius 1 is 0.370 bits per heavy atom. The van der Waals surface area contributed by atoms with E-state index in [4.69, 9.17) is 0 Å². The highest BCUT2D eigenvalue weighted by molar-refractivity contribution is 7.00. The number of fused-ring (bicyclic) bond motifs is 4. The molecule has 2 aliphatic heterocycles. The molecule has 0 aromatic heterocycles. The first-order valence-electron chi connectivity index (χ1n) is 16.0. The van der Waals surface area contributed by atoms with Gasteiger partial charge in [-0.05, 0) is 99.7 Å². The van der Waals surface area contributed by atoms with E-state index in [2.05, 4.69) is 187 Å². The average molecular weight is 587 g/mol. The summed E-state index contributed by atoms with van der Waals surface area (Å²) in [5.74, 6) is 0. The van der Waals surface area contributed by atoms with Crippen LogP contribution in [0.15, 0.2) is 170 Å². The molecule has 0 spiro atoms. The SMILES string of the molecule is Cc1cc2c3c(c1)N(c1ccccc1)c1ccc(-c4ccccc4)cc1B3c1cc(-c3ccccc3)ccc1N2c1ccccc1. The summed E-state index contributed by atoms with van der Waals surface area (Å²) >= 11 is 0. The van der Waals surface area contributed by atoms with Crippen molar-refractivity contribution in [1.82, 2.24) is 0 Å². The van der Waals surface area contributed by atoms with Crippen molar-refractivity contribution in [3.8, 4) is 22.3 Å². The van der Waals surface area contributed by atoms with E-state index in [-0.39, 0.29) is 6.71 Å². The lowest BCUT2D eigenvalue weighted by molar-refractivity contribution is 1.24. The van der Waals surface area contributed by atoms with Crippen LogP contribution in [0, 0.1) is 6.92 Å². The van der Waals surface area contributed by atoms with Crippen LogP contribution in [0.1, 0.15) is 5.56 Å². The molecular weight excluding hydrogens is 555 g/mol. The zero-order chi connectivity index (χ0) is 30.6. The maximum atomic E-state index is 2.47. The van der Waals surface area contributed by atoms with Crippen LogP contribution < -0.4 is 26.2 Å². The number of rotatable bonds is 4. The molecule has 2 nitrogen and oxygen atoms in total. The highest BCUT2D eigenvalue weighted by Crippen LogP contribution is 2.45. The highest BCUT2D eigenvalue weighted by atomic mass is 15.2. The molecule has 2 aliphatic rings. The second-order valence-electron chi connectivity index (χ2n) is 12.3. The van der Waals surface area contributed by atoms with Crippen molar-refractivity contribution in [2.75, 3.05) is 9.80 Å². The summed E-state index contributed by atoms with van der Waals surface area (Å²) in [5.41, 5.74) is 17.4. The van der Waals surface area contributed by atoms with E-state index in [0.29, 0.717) is 0 Å². The Morgan fingerprint density at radius 3 is 1.17 bits per heavy atom. The predicted octanol–water partition coefficient (Wildman–Crippen LogP) is 9.41. The Kier molecular flexibility index (Phi) is 6.17. The number of hydrogen-bond acceptors (Lipinski definition) is 2. The van der Waals surface area contributed by atoms with Crippen molar-refractivity contribution in [2.45, 2.75) is 6.92 Å². The molecular formula is C43H31BN2. The summed E-state index contributed by atoms with van der Waals surface area (Å²) in [6.45, 7) is 2.28. The van der Waals surface area contributed by atoms with Crippen LogP contribution in [0.4, 0.5) is 34.1 Å². The summed E-state index contributed by atoms with van der Waals surface area (Å²) < 4.78 is 0. The van der Waals surface area contributed by atoms with Crippen LogP contribution >= 0.6 is 0 Å². The minimum Gasteiger partial charge on any atom is -0.311 e. The maximum Gasteiger partial charge on any atom is 0.252 e. The van der Waals surface area contributed by atoms with Crippen molar-refractivity contribution >= 4 is 57.2 Å². The first-order valence-corrected chi connectivity index (χ1v) is 16.0. The van der Waals surface area contributed by atoms with Crippen LogP contribution in [0.3, 0.4) is 0 Å². The molecule has 7 aromatic carbocycles. The normalized spacial score (nSPS) is 12.8. The maximum absolute atomic E-state index is 2.47. The van der Waals surface area contributed by atoms with Gasteiger partial charge < -0.3 is 9.80 Å². The van der Waals surface area contributed by atoms with E-state index < -0.39 is 0 Å². The van der Waals surface area contributed by atoms with Gasteiger partial charge in [0.2, 0.25) is 0 Å². The summed E-state index contributed by atoms with van der Waals surface area (Å²) in [5, 5.41) is 0. The number of para-hydroxylation sites is 2. The molecule has 0 fully saturated rings. The van der Waals surface area contributed by atoms with Gasteiger partial charge >= 0.3 is 0 Å². The third-order valence-corrected chi connectivity index (χ3v) is 9.45. The number of anilines is 6. The molecule has 0 atom stereocenters. The quantitative estimate of drug-likeness (QED) is 0.190. The fourth-order valence-electron chi connectivity index (χ4n) is 7.47. The number of benzene rings is 7. The third-order valence-electron chi connectivity index (χ3n) is 9.45. The second kappa shape index (κ2) is 10.7. The summed E-state index contributed by atoms with van der Waals surface area (Å²) in [4.78, 5) is 4.95. The van der Waals surface area contributed by atoms with Gasteiger partial charge in [-0.15, -0.1) is 0 Å². The van der Waals surface area contributed by atoms with Crippen LogP contribution in [0.5, 0.6) is 0 Å². The van der Waals surface area contributed by atoms with Crippen molar-refractivity contribution in [3.63, 3.8) is 0 Å². The molecule has 0 bridgehead atoms. The van der Waals surface area contributed by atoms with Crippen molar-refractivity contribution in [3.05, 3.63) is 175 Å². The molecule has 3 heteroatoms. The monoisotopic (exact) mass is 586 g/mol.